The van der Waals surface area contributed by atoms with Crippen LogP contribution in [0.2, 0.25) is 0 Å². The van der Waals surface area contributed by atoms with Crippen molar-refractivity contribution < 1.29 is 19.4 Å². The summed E-state index contributed by atoms with van der Waals surface area (Å²) in [6, 6.07) is 4.82. The molecule has 1 aromatic carbocycles. The van der Waals surface area contributed by atoms with Crippen molar-refractivity contribution in [1.29, 1.82) is 0 Å². The fourth-order valence-corrected chi connectivity index (χ4v) is 2.05. The van der Waals surface area contributed by atoms with Crippen molar-refractivity contribution in [2.24, 2.45) is 0 Å². The third-order valence-electron chi connectivity index (χ3n) is 2.47. The smallest absolute Gasteiger partial charge is 0.337 e. The summed E-state index contributed by atoms with van der Waals surface area (Å²) >= 11 is 3.21. The summed E-state index contributed by atoms with van der Waals surface area (Å²) < 4.78 is 5.68. The topological polar surface area (TPSA) is 66.8 Å². The number of carbonyl (C=O) groups is 2. The van der Waals surface area contributed by atoms with E-state index in [1.54, 1.807) is 12.1 Å². The number of carboxylic acid groups (broad SMARTS) is 1. The SMILES string of the molecule is O=C(O)c1cc(Br)ccc1N1CCOCC1=O. The maximum Gasteiger partial charge on any atom is 0.337 e. The van der Waals surface area contributed by atoms with Gasteiger partial charge in [-0.1, -0.05) is 15.9 Å². The highest BCUT2D eigenvalue weighted by Gasteiger charge is 2.24. The molecule has 2 rings (SSSR count). The lowest BCUT2D eigenvalue weighted by molar-refractivity contribution is -0.125. The molecule has 5 nitrogen and oxygen atoms in total. The molecule has 0 radical (unpaired) electrons. The Kier molecular flexibility index (Phi) is 3.44. The highest BCUT2D eigenvalue weighted by Crippen LogP contribution is 2.25. The van der Waals surface area contributed by atoms with Gasteiger partial charge in [0.05, 0.1) is 17.9 Å². The first-order valence-electron chi connectivity index (χ1n) is 5.00. The molecule has 1 aromatic rings. The number of aromatic carboxylic acids is 1. The monoisotopic (exact) mass is 299 g/mol. The average molecular weight is 300 g/mol. The molecular formula is C11H10BrNO4. The van der Waals surface area contributed by atoms with Crippen molar-refractivity contribution in [3.63, 3.8) is 0 Å². The zero-order chi connectivity index (χ0) is 12.4. The summed E-state index contributed by atoms with van der Waals surface area (Å²) in [6.45, 7) is 0.788. The predicted molar refractivity (Wildman–Crippen MR) is 64.3 cm³/mol. The van der Waals surface area contributed by atoms with Crippen molar-refractivity contribution in [3.05, 3.63) is 28.2 Å². The molecule has 90 valence electrons. The van der Waals surface area contributed by atoms with Crippen LogP contribution in [0, 0.1) is 0 Å². The summed E-state index contributed by atoms with van der Waals surface area (Å²) in [4.78, 5) is 24.2. The highest BCUT2D eigenvalue weighted by atomic mass is 79.9. The fourth-order valence-electron chi connectivity index (χ4n) is 1.69. The molecule has 1 saturated heterocycles. The van der Waals surface area contributed by atoms with Gasteiger partial charge < -0.3 is 14.7 Å². The molecule has 1 amide bonds. The van der Waals surface area contributed by atoms with Crippen molar-refractivity contribution in [1.82, 2.24) is 0 Å². The molecule has 0 aliphatic carbocycles. The first-order valence-corrected chi connectivity index (χ1v) is 5.80. The van der Waals surface area contributed by atoms with Crippen LogP contribution in [0.25, 0.3) is 0 Å². The predicted octanol–water partition coefficient (Wildman–Crippen LogP) is 1.51. The lowest BCUT2D eigenvalue weighted by Gasteiger charge is -2.28. The number of amides is 1. The molecule has 0 atom stereocenters. The molecule has 0 spiro atoms. The maximum absolute atomic E-state index is 11.7. The van der Waals surface area contributed by atoms with Gasteiger partial charge >= 0.3 is 5.97 Å². The van der Waals surface area contributed by atoms with Crippen molar-refractivity contribution in [2.75, 3.05) is 24.7 Å². The molecule has 1 fully saturated rings. The Morgan fingerprint density at radius 1 is 1.47 bits per heavy atom. The molecule has 1 N–H and O–H groups in total. The number of carbonyl (C=O) groups excluding carboxylic acids is 1. The van der Waals surface area contributed by atoms with Crippen LogP contribution in [0.3, 0.4) is 0 Å². The van der Waals surface area contributed by atoms with E-state index in [0.29, 0.717) is 23.3 Å². The Morgan fingerprint density at radius 2 is 2.24 bits per heavy atom. The van der Waals surface area contributed by atoms with Gasteiger partial charge in [-0.05, 0) is 18.2 Å². The molecule has 0 bridgehead atoms. The van der Waals surface area contributed by atoms with Crippen LogP contribution >= 0.6 is 15.9 Å². The molecule has 6 heteroatoms. The van der Waals surface area contributed by atoms with E-state index in [-0.39, 0.29) is 18.1 Å². The summed E-state index contributed by atoms with van der Waals surface area (Å²) in [5.41, 5.74) is 0.517. The number of hydrogen-bond donors (Lipinski definition) is 1. The molecule has 0 aromatic heterocycles. The van der Waals surface area contributed by atoms with E-state index in [2.05, 4.69) is 15.9 Å². The molecule has 17 heavy (non-hydrogen) atoms. The van der Waals surface area contributed by atoms with Crippen LogP contribution in [-0.2, 0) is 9.53 Å². The fraction of sp³-hybridized carbons (Fsp3) is 0.273. The Bertz CT molecular complexity index is 475. The number of ether oxygens (including phenoxy) is 1. The summed E-state index contributed by atoms with van der Waals surface area (Å²) in [5, 5.41) is 9.12. The van der Waals surface area contributed by atoms with E-state index >= 15 is 0 Å². The quantitative estimate of drug-likeness (QED) is 0.899. The van der Waals surface area contributed by atoms with Crippen LogP contribution in [0.15, 0.2) is 22.7 Å². The third-order valence-corrected chi connectivity index (χ3v) is 2.96. The summed E-state index contributed by atoms with van der Waals surface area (Å²) in [7, 11) is 0. The van der Waals surface area contributed by atoms with Gasteiger partial charge in [0.1, 0.15) is 6.61 Å². The standard InChI is InChI=1S/C11H10BrNO4/c12-7-1-2-9(8(5-7)11(15)16)13-3-4-17-6-10(13)14/h1-2,5H,3-4,6H2,(H,15,16). The first kappa shape index (κ1) is 12.1. The van der Waals surface area contributed by atoms with Crippen molar-refractivity contribution in [3.8, 4) is 0 Å². The van der Waals surface area contributed by atoms with Gasteiger partial charge in [0, 0.05) is 11.0 Å². The summed E-state index contributed by atoms with van der Waals surface area (Å²) in [5.74, 6) is -1.28. The minimum Gasteiger partial charge on any atom is -0.478 e. The number of halogens is 1. The number of carboxylic acids is 1. The number of hydrogen-bond acceptors (Lipinski definition) is 3. The zero-order valence-corrected chi connectivity index (χ0v) is 10.4. The van der Waals surface area contributed by atoms with Gasteiger partial charge in [0.15, 0.2) is 0 Å². The minimum atomic E-state index is -1.06. The molecule has 1 heterocycles. The van der Waals surface area contributed by atoms with Crippen molar-refractivity contribution >= 4 is 33.5 Å². The second-order valence-corrected chi connectivity index (χ2v) is 4.48. The van der Waals surface area contributed by atoms with Crippen LogP contribution in [0.1, 0.15) is 10.4 Å². The van der Waals surface area contributed by atoms with E-state index in [0.717, 1.165) is 0 Å². The normalized spacial score (nSPS) is 16.1. The molecule has 1 aliphatic rings. The molecular weight excluding hydrogens is 290 g/mol. The van der Waals surface area contributed by atoms with Crippen LogP contribution in [-0.4, -0.2) is 36.7 Å². The van der Waals surface area contributed by atoms with E-state index in [9.17, 15) is 9.59 Å². The van der Waals surface area contributed by atoms with E-state index in [1.165, 1.54) is 11.0 Å². The largest absolute Gasteiger partial charge is 0.478 e. The molecule has 0 saturated carbocycles. The second kappa shape index (κ2) is 4.85. The Balaban J connectivity index is 2.43. The van der Waals surface area contributed by atoms with Gasteiger partial charge in [-0.2, -0.15) is 0 Å². The van der Waals surface area contributed by atoms with Gasteiger partial charge in [-0.15, -0.1) is 0 Å². The van der Waals surface area contributed by atoms with E-state index in [1.807, 2.05) is 0 Å². The van der Waals surface area contributed by atoms with E-state index in [4.69, 9.17) is 9.84 Å². The van der Waals surface area contributed by atoms with Gasteiger partial charge in [-0.3, -0.25) is 4.79 Å². The highest BCUT2D eigenvalue weighted by molar-refractivity contribution is 9.10. The lowest BCUT2D eigenvalue weighted by Crippen LogP contribution is -2.42. The van der Waals surface area contributed by atoms with Crippen LogP contribution in [0.5, 0.6) is 0 Å². The van der Waals surface area contributed by atoms with Crippen LogP contribution in [0.4, 0.5) is 5.69 Å². The lowest BCUT2D eigenvalue weighted by atomic mass is 10.1. The third kappa shape index (κ3) is 2.48. The molecule has 0 unspecified atom stereocenters. The minimum absolute atomic E-state index is 0.00484. The van der Waals surface area contributed by atoms with Crippen molar-refractivity contribution in [2.45, 2.75) is 0 Å². The van der Waals surface area contributed by atoms with Crippen LogP contribution < -0.4 is 4.90 Å². The number of rotatable bonds is 2. The average Bonchev–Trinajstić information content (AvgIpc) is 2.30. The van der Waals surface area contributed by atoms with Gasteiger partial charge in [0.25, 0.3) is 5.91 Å². The number of anilines is 1. The van der Waals surface area contributed by atoms with Gasteiger partial charge in [0.2, 0.25) is 0 Å². The Morgan fingerprint density at radius 3 is 2.88 bits per heavy atom. The summed E-state index contributed by atoms with van der Waals surface area (Å²) in [6.07, 6.45) is 0. The first-order chi connectivity index (χ1) is 8.09. The number of nitrogens with zero attached hydrogens (tertiary/aromatic N) is 1. The number of morpholine rings is 1. The number of benzene rings is 1. The Labute approximate surface area is 106 Å². The molecule has 1 aliphatic heterocycles. The van der Waals surface area contributed by atoms with Gasteiger partial charge in [-0.25, -0.2) is 4.79 Å². The Hall–Kier alpha value is -1.40. The maximum atomic E-state index is 11.7. The van der Waals surface area contributed by atoms with E-state index < -0.39 is 5.97 Å². The second-order valence-electron chi connectivity index (χ2n) is 3.56. The zero-order valence-electron chi connectivity index (χ0n) is 8.85.